The SMILES string of the molecule is CCCNc1cc(N(C)C2CCCCC2O)nc(CC)n1. The molecule has 0 bridgehead atoms. The molecule has 0 saturated heterocycles. The lowest BCUT2D eigenvalue weighted by Crippen LogP contribution is -2.44. The molecule has 0 radical (unpaired) electrons. The Morgan fingerprint density at radius 3 is 2.71 bits per heavy atom. The van der Waals surface area contributed by atoms with Crippen molar-refractivity contribution in [3.05, 3.63) is 11.9 Å². The molecule has 1 aliphatic rings. The average molecular weight is 292 g/mol. The summed E-state index contributed by atoms with van der Waals surface area (Å²) in [7, 11) is 2.03. The lowest BCUT2D eigenvalue weighted by atomic mass is 9.91. The van der Waals surface area contributed by atoms with E-state index < -0.39 is 0 Å². The Morgan fingerprint density at radius 1 is 1.29 bits per heavy atom. The molecule has 1 aromatic rings. The molecule has 2 N–H and O–H groups in total. The van der Waals surface area contributed by atoms with Gasteiger partial charge in [-0.25, -0.2) is 9.97 Å². The van der Waals surface area contributed by atoms with Crippen LogP contribution in [0.4, 0.5) is 11.6 Å². The minimum Gasteiger partial charge on any atom is -0.391 e. The number of rotatable bonds is 6. The fraction of sp³-hybridized carbons (Fsp3) is 0.750. The largest absolute Gasteiger partial charge is 0.391 e. The molecule has 2 atom stereocenters. The standard InChI is InChI=1S/C16H28N4O/c1-4-10-17-15-11-16(19-14(5-2)18-15)20(3)12-8-6-7-9-13(12)21/h11-13,21H,4-10H2,1-3H3,(H,17,18,19). The molecule has 1 aromatic heterocycles. The summed E-state index contributed by atoms with van der Waals surface area (Å²) in [5, 5.41) is 13.6. The third kappa shape index (κ3) is 4.06. The van der Waals surface area contributed by atoms with Gasteiger partial charge in [0.25, 0.3) is 0 Å². The van der Waals surface area contributed by atoms with E-state index in [1.165, 1.54) is 6.42 Å². The third-order valence-electron chi connectivity index (χ3n) is 4.18. The maximum Gasteiger partial charge on any atom is 0.134 e. The summed E-state index contributed by atoms with van der Waals surface area (Å²) < 4.78 is 0. The zero-order valence-corrected chi connectivity index (χ0v) is 13.5. The number of nitrogens with zero attached hydrogens (tertiary/aromatic N) is 3. The van der Waals surface area contributed by atoms with Crippen molar-refractivity contribution in [2.45, 2.75) is 64.5 Å². The van der Waals surface area contributed by atoms with Gasteiger partial charge in [-0.3, -0.25) is 0 Å². The second-order valence-corrected chi connectivity index (χ2v) is 5.84. The zero-order valence-electron chi connectivity index (χ0n) is 13.5. The van der Waals surface area contributed by atoms with Crippen LogP contribution in [0.1, 0.15) is 51.8 Å². The predicted octanol–water partition coefficient (Wildman–Crippen LogP) is 2.60. The molecule has 118 valence electrons. The van der Waals surface area contributed by atoms with Gasteiger partial charge in [-0.1, -0.05) is 26.7 Å². The maximum atomic E-state index is 10.2. The first-order chi connectivity index (χ1) is 10.2. The van der Waals surface area contributed by atoms with E-state index in [1.807, 2.05) is 13.1 Å². The number of aliphatic hydroxyl groups is 1. The van der Waals surface area contributed by atoms with E-state index in [0.717, 1.165) is 56.1 Å². The van der Waals surface area contributed by atoms with Crippen LogP contribution in [0.5, 0.6) is 0 Å². The predicted molar refractivity (Wildman–Crippen MR) is 86.9 cm³/mol. The van der Waals surface area contributed by atoms with E-state index >= 15 is 0 Å². The highest BCUT2D eigenvalue weighted by atomic mass is 16.3. The average Bonchev–Trinajstić information content (AvgIpc) is 2.52. The van der Waals surface area contributed by atoms with Crippen molar-refractivity contribution in [2.24, 2.45) is 0 Å². The van der Waals surface area contributed by atoms with Gasteiger partial charge in [-0.15, -0.1) is 0 Å². The van der Waals surface area contributed by atoms with Crippen molar-refractivity contribution >= 4 is 11.6 Å². The summed E-state index contributed by atoms with van der Waals surface area (Å²) in [5.74, 6) is 2.64. The van der Waals surface area contributed by atoms with Crippen LogP contribution in [0.25, 0.3) is 0 Å². The highest BCUT2D eigenvalue weighted by Gasteiger charge is 2.27. The number of hydrogen-bond donors (Lipinski definition) is 2. The fourth-order valence-electron chi connectivity index (χ4n) is 2.88. The number of likely N-dealkylation sites (N-methyl/N-ethyl adjacent to an activating group) is 1. The molecule has 2 rings (SSSR count). The topological polar surface area (TPSA) is 61.3 Å². The van der Waals surface area contributed by atoms with Gasteiger partial charge < -0.3 is 15.3 Å². The van der Waals surface area contributed by atoms with Gasteiger partial charge in [-0.2, -0.15) is 0 Å². The third-order valence-corrected chi connectivity index (χ3v) is 4.18. The Hall–Kier alpha value is -1.36. The van der Waals surface area contributed by atoms with Crippen molar-refractivity contribution < 1.29 is 5.11 Å². The van der Waals surface area contributed by atoms with Crippen LogP contribution in [0, 0.1) is 0 Å². The summed E-state index contributed by atoms with van der Waals surface area (Å²) in [6.07, 6.45) is 5.85. The highest BCUT2D eigenvalue weighted by Crippen LogP contribution is 2.26. The summed E-state index contributed by atoms with van der Waals surface area (Å²) in [4.78, 5) is 11.3. The molecule has 1 fully saturated rings. The minimum absolute atomic E-state index is 0.164. The quantitative estimate of drug-likeness (QED) is 0.844. The summed E-state index contributed by atoms with van der Waals surface area (Å²) in [6, 6.07) is 2.16. The van der Waals surface area contributed by atoms with Crippen molar-refractivity contribution in [1.82, 2.24) is 9.97 Å². The normalized spacial score (nSPS) is 22.1. The molecule has 5 heteroatoms. The number of anilines is 2. The molecule has 0 aromatic carbocycles. The molecule has 0 aliphatic heterocycles. The number of aliphatic hydroxyl groups excluding tert-OH is 1. The number of aryl methyl sites for hydroxylation is 1. The lowest BCUT2D eigenvalue weighted by Gasteiger charge is -2.36. The van der Waals surface area contributed by atoms with Crippen LogP contribution in [0.2, 0.25) is 0 Å². The first-order valence-corrected chi connectivity index (χ1v) is 8.18. The first kappa shape index (κ1) is 16.0. The molecular weight excluding hydrogens is 264 g/mol. The minimum atomic E-state index is -0.254. The second-order valence-electron chi connectivity index (χ2n) is 5.84. The molecule has 5 nitrogen and oxygen atoms in total. The Bertz CT molecular complexity index is 452. The van der Waals surface area contributed by atoms with Crippen molar-refractivity contribution in [2.75, 3.05) is 23.8 Å². The monoisotopic (exact) mass is 292 g/mol. The molecule has 1 saturated carbocycles. The molecule has 1 heterocycles. The second kappa shape index (κ2) is 7.59. The maximum absolute atomic E-state index is 10.2. The molecule has 2 unspecified atom stereocenters. The number of hydrogen-bond acceptors (Lipinski definition) is 5. The van der Waals surface area contributed by atoms with Crippen LogP contribution >= 0.6 is 0 Å². The Kier molecular flexibility index (Phi) is 5.79. The van der Waals surface area contributed by atoms with Crippen LogP contribution in [-0.2, 0) is 6.42 Å². The molecular formula is C16H28N4O. The van der Waals surface area contributed by atoms with Gasteiger partial charge in [0.15, 0.2) is 0 Å². The molecule has 0 amide bonds. The Balaban J connectivity index is 2.19. The number of aromatic nitrogens is 2. The Labute approximate surface area is 127 Å². The van der Waals surface area contributed by atoms with Crippen molar-refractivity contribution in [3.8, 4) is 0 Å². The van der Waals surface area contributed by atoms with Gasteiger partial charge in [0, 0.05) is 26.1 Å². The van der Waals surface area contributed by atoms with E-state index in [1.54, 1.807) is 0 Å². The zero-order chi connectivity index (χ0) is 15.2. The summed E-state index contributed by atoms with van der Waals surface area (Å²) >= 11 is 0. The first-order valence-electron chi connectivity index (χ1n) is 8.18. The van der Waals surface area contributed by atoms with Gasteiger partial charge in [0.2, 0.25) is 0 Å². The summed E-state index contributed by atoms with van der Waals surface area (Å²) in [6.45, 7) is 5.12. The Morgan fingerprint density at radius 2 is 2.05 bits per heavy atom. The smallest absolute Gasteiger partial charge is 0.134 e. The van der Waals surface area contributed by atoms with Crippen LogP contribution in [0.15, 0.2) is 6.07 Å². The number of nitrogens with one attached hydrogen (secondary N) is 1. The molecule has 1 aliphatic carbocycles. The van der Waals surface area contributed by atoms with Gasteiger partial charge >= 0.3 is 0 Å². The van der Waals surface area contributed by atoms with Crippen molar-refractivity contribution in [1.29, 1.82) is 0 Å². The van der Waals surface area contributed by atoms with Crippen molar-refractivity contribution in [3.63, 3.8) is 0 Å². The fourth-order valence-corrected chi connectivity index (χ4v) is 2.88. The van der Waals surface area contributed by atoms with E-state index in [0.29, 0.717) is 0 Å². The molecule has 21 heavy (non-hydrogen) atoms. The lowest BCUT2D eigenvalue weighted by molar-refractivity contribution is 0.106. The van der Waals surface area contributed by atoms with E-state index in [-0.39, 0.29) is 12.1 Å². The highest BCUT2D eigenvalue weighted by molar-refractivity contribution is 5.50. The van der Waals surface area contributed by atoms with Gasteiger partial charge in [-0.05, 0) is 19.3 Å². The van der Waals surface area contributed by atoms with Crippen LogP contribution in [0.3, 0.4) is 0 Å². The summed E-state index contributed by atoms with van der Waals surface area (Å²) in [5.41, 5.74) is 0. The van der Waals surface area contributed by atoms with E-state index in [9.17, 15) is 5.11 Å². The van der Waals surface area contributed by atoms with Crippen LogP contribution in [-0.4, -0.2) is 40.8 Å². The van der Waals surface area contributed by atoms with E-state index in [2.05, 4.69) is 34.0 Å². The van der Waals surface area contributed by atoms with E-state index in [4.69, 9.17) is 0 Å². The van der Waals surface area contributed by atoms with Crippen LogP contribution < -0.4 is 10.2 Å². The van der Waals surface area contributed by atoms with Gasteiger partial charge in [0.05, 0.1) is 12.1 Å². The molecule has 0 spiro atoms. The van der Waals surface area contributed by atoms with Gasteiger partial charge in [0.1, 0.15) is 17.5 Å².